The van der Waals surface area contributed by atoms with Crippen molar-refractivity contribution in [3.8, 4) is 11.4 Å². The van der Waals surface area contributed by atoms with Crippen LogP contribution in [0.4, 0.5) is 0 Å². The van der Waals surface area contributed by atoms with E-state index in [-0.39, 0.29) is 0 Å². The van der Waals surface area contributed by atoms with Gasteiger partial charge in [0.15, 0.2) is 5.82 Å². The molecule has 0 N–H and O–H groups in total. The van der Waals surface area contributed by atoms with Crippen LogP contribution in [0.5, 0.6) is 0 Å². The molecule has 3 heteroatoms. The summed E-state index contributed by atoms with van der Waals surface area (Å²) in [7, 11) is 0. The van der Waals surface area contributed by atoms with E-state index in [1.807, 2.05) is 24.4 Å². The second-order valence-electron chi connectivity index (χ2n) is 6.67. The summed E-state index contributed by atoms with van der Waals surface area (Å²) in [6.07, 6.45) is 1.97. The highest BCUT2D eigenvalue weighted by atomic mass is 32.1. The maximum atomic E-state index is 4.99. The summed E-state index contributed by atoms with van der Waals surface area (Å²) in [6, 6.07) is 27.5. The Bertz CT molecular complexity index is 1470. The van der Waals surface area contributed by atoms with Gasteiger partial charge in [0.2, 0.25) is 0 Å². The Morgan fingerprint density at radius 1 is 0.630 bits per heavy atom. The summed E-state index contributed by atoms with van der Waals surface area (Å²) in [5, 5.41) is 6.36. The van der Waals surface area contributed by atoms with E-state index in [9.17, 15) is 0 Å². The van der Waals surface area contributed by atoms with E-state index >= 15 is 0 Å². The third-order valence-corrected chi connectivity index (χ3v) is 6.27. The van der Waals surface area contributed by atoms with Crippen LogP contribution in [0, 0.1) is 0 Å². The predicted octanol–water partition coefficient (Wildman–Crippen LogP) is 6.82. The van der Waals surface area contributed by atoms with Crippen LogP contribution in [0.1, 0.15) is 0 Å². The Balaban J connectivity index is 1.83. The third kappa shape index (κ3) is 2.12. The number of aromatic nitrogens is 2. The van der Waals surface area contributed by atoms with Gasteiger partial charge in [-0.2, -0.15) is 0 Å². The third-order valence-electron chi connectivity index (χ3n) is 5.12. The van der Waals surface area contributed by atoms with Gasteiger partial charge in [-0.3, -0.25) is 0 Å². The first-order valence-electron chi connectivity index (χ1n) is 8.94. The zero-order valence-electron chi connectivity index (χ0n) is 14.4. The monoisotopic (exact) mass is 362 g/mol. The van der Waals surface area contributed by atoms with Crippen molar-refractivity contribution in [3.63, 3.8) is 0 Å². The Morgan fingerprint density at radius 3 is 2.04 bits per heavy atom. The number of fused-ring (bicyclic) bond motifs is 8. The Labute approximate surface area is 159 Å². The van der Waals surface area contributed by atoms with Gasteiger partial charge < -0.3 is 0 Å². The summed E-state index contributed by atoms with van der Waals surface area (Å²) in [4.78, 5) is 9.62. The molecular weight excluding hydrogens is 348 g/mol. The maximum Gasteiger partial charge on any atom is 0.159 e. The Morgan fingerprint density at radius 2 is 1.26 bits per heavy atom. The molecule has 0 aliphatic rings. The highest BCUT2D eigenvalue weighted by Crippen LogP contribution is 2.43. The zero-order chi connectivity index (χ0) is 17.8. The molecule has 0 amide bonds. The number of hydrogen-bond donors (Lipinski definition) is 0. The van der Waals surface area contributed by atoms with Crippen molar-refractivity contribution >= 4 is 53.2 Å². The molecule has 6 aromatic rings. The number of nitrogens with zero attached hydrogens (tertiary/aromatic N) is 2. The van der Waals surface area contributed by atoms with Crippen molar-refractivity contribution in [2.24, 2.45) is 0 Å². The van der Waals surface area contributed by atoms with Crippen molar-refractivity contribution in [3.05, 3.63) is 85.1 Å². The van der Waals surface area contributed by atoms with Crippen molar-refractivity contribution in [2.75, 3.05) is 0 Å². The highest BCUT2D eigenvalue weighted by molar-refractivity contribution is 7.26. The predicted molar refractivity (Wildman–Crippen MR) is 115 cm³/mol. The van der Waals surface area contributed by atoms with Gasteiger partial charge in [-0.25, -0.2) is 9.97 Å². The molecule has 0 aliphatic heterocycles. The molecule has 0 saturated heterocycles. The number of rotatable bonds is 1. The molecule has 27 heavy (non-hydrogen) atoms. The van der Waals surface area contributed by atoms with Gasteiger partial charge in [-0.15, -0.1) is 11.3 Å². The number of hydrogen-bond acceptors (Lipinski definition) is 3. The smallest absolute Gasteiger partial charge is 0.159 e. The maximum absolute atomic E-state index is 4.99. The first-order valence-corrected chi connectivity index (χ1v) is 9.76. The molecule has 0 aliphatic carbocycles. The zero-order valence-corrected chi connectivity index (χ0v) is 15.2. The number of thiophene rings is 1. The van der Waals surface area contributed by atoms with Gasteiger partial charge in [0, 0.05) is 27.2 Å². The van der Waals surface area contributed by atoms with Crippen LogP contribution in [-0.2, 0) is 0 Å². The lowest BCUT2D eigenvalue weighted by Crippen LogP contribution is -1.88. The summed E-state index contributed by atoms with van der Waals surface area (Å²) in [5.74, 6) is 0.778. The SMILES string of the molecule is c1ccc(-c2ncc3sc4c5ccccc5c5ccccc5c4c3n2)cc1. The topological polar surface area (TPSA) is 25.8 Å². The lowest BCUT2D eigenvalue weighted by Gasteiger charge is -2.07. The summed E-state index contributed by atoms with van der Waals surface area (Å²) < 4.78 is 2.42. The highest BCUT2D eigenvalue weighted by Gasteiger charge is 2.15. The van der Waals surface area contributed by atoms with E-state index in [0.29, 0.717) is 0 Å². The minimum atomic E-state index is 0.778. The fraction of sp³-hybridized carbons (Fsp3) is 0. The van der Waals surface area contributed by atoms with Gasteiger partial charge in [-0.1, -0.05) is 78.9 Å². The fourth-order valence-corrected chi connectivity index (χ4v) is 5.08. The van der Waals surface area contributed by atoms with Gasteiger partial charge >= 0.3 is 0 Å². The van der Waals surface area contributed by atoms with E-state index < -0.39 is 0 Å². The second kappa shape index (κ2) is 5.60. The second-order valence-corrected chi connectivity index (χ2v) is 7.72. The molecule has 2 aromatic heterocycles. The average molecular weight is 362 g/mol. The normalized spacial score (nSPS) is 11.7. The molecule has 126 valence electrons. The molecule has 0 spiro atoms. The number of benzene rings is 4. The quantitative estimate of drug-likeness (QED) is 0.300. The largest absolute Gasteiger partial charge is 0.235 e. The molecular formula is C24H14N2S. The molecule has 6 rings (SSSR count). The van der Waals surface area contributed by atoms with Crippen molar-refractivity contribution < 1.29 is 0 Å². The lowest BCUT2D eigenvalue weighted by atomic mass is 9.98. The van der Waals surface area contributed by atoms with E-state index in [0.717, 1.165) is 21.6 Å². The van der Waals surface area contributed by atoms with E-state index in [2.05, 4.69) is 65.6 Å². The minimum absolute atomic E-state index is 0.778. The minimum Gasteiger partial charge on any atom is -0.235 e. The van der Waals surface area contributed by atoms with Crippen molar-refractivity contribution in [2.45, 2.75) is 0 Å². The molecule has 0 bridgehead atoms. The van der Waals surface area contributed by atoms with Crippen LogP contribution in [0.15, 0.2) is 85.1 Å². The van der Waals surface area contributed by atoms with E-state index in [1.54, 1.807) is 11.3 Å². The standard InChI is InChI=1S/C24H14N2S/c1-2-8-15(9-3-1)24-25-14-20-22(26-24)21-18-12-6-4-10-16(18)17-11-5-7-13-19(17)23(21)27-20/h1-14H. The molecule has 0 saturated carbocycles. The summed E-state index contributed by atoms with van der Waals surface area (Å²) in [5.41, 5.74) is 2.09. The van der Waals surface area contributed by atoms with Gasteiger partial charge in [0.25, 0.3) is 0 Å². The fourth-order valence-electron chi connectivity index (χ4n) is 3.91. The summed E-state index contributed by atoms with van der Waals surface area (Å²) >= 11 is 1.78. The molecule has 0 radical (unpaired) electrons. The average Bonchev–Trinajstić information content (AvgIpc) is 3.14. The molecule has 0 fully saturated rings. The molecule has 2 nitrogen and oxygen atoms in total. The molecule has 4 aromatic carbocycles. The lowest BCUT2D eigenvalue weighted by molar-refractivity contribution is 1.24. The van der Waals surface area contributed by atoms with Crippen LogP contribution in [0.25, 0.3) is 53.2 Å². The van der Waals surface area contributed by atoms with Crippen LogP contribution < -0.4 is 0 Å². The van der Waals surface area contributed by atoms with Crippen LogP contribution in [0.3, 0.4) is 0 Å². The van der Waals surface area contributed by atoms with Gasteiger partial charge in [0.05, 0.1) is 10.2 Å². The van der Waals surface area contributed by atoms with Crippen LogP contribution >= 0.6 is 11.3 Å². The van der Waals surface area contributed by atoms with Crippen molar-refractivity contribution in [1.29, 1.82) is 0 Å². The van der Waals surface area contributed by atoms with Crippen LogP contribution in [0.2, 0.25) is 0 Å². The summed E-state index contributed by atoms with van der Waals surface area (Å²) in [6.45, 7) is 0. The molecule has 0 atom stereocenters. The Hall–Kier alpha value is -3.30. The van der Waals surface area contributed by atoms with E-state index in [4.69, 9.17) is 4.98 Å². The first kappa shape index (κ1) is 14.8. The molecule has 2 heterocycles. The Kier molecular flexibility index (Phi) is 3.07. The van der Waals surface area contributed by atoms with Crippen LogP contribution in [-0.4, -0.2) is 9.97 Å². The van der Waals surface area contributed by atoms with Crippen molar-refractivity contribution in [1.82, 2.24) is 9.97 Å². The van der Waals surface area contributed by atoms with Gasteiger partial charge in [-0.05, 0) is 16.2 Å². The van der Waals surface area contributed by atoms with Gasteiger partial charge in [0.1, 0.15) is 0 Å². The van der Waals surface area contributed by atoms with E-state index in [1.165, 1.54) is 31.6 Å². The first-order chi connectivity index (χ1) is 13.4. The molecule has 0 unspecified atom stereocenters.